The van der Waals surface area contributed by atoms with E-state index in [1.807, 2.05) is 35.2 Å². The summed E-state index contributed by atoms with van der Waals surface area (Å²) in [6.45, 7) is 0.460. The molecule has 3 heterocycles. The third-order valence-corrected chi connectivity index (χ3v) is 5.07. The van der Waals surface area contributed by atoms with Gasteiger partial charge in [-0.3, -0.25) is 19.1 Å². The number of rotatable bonds is 5. The molecule has 1 amide bonds. The number of carbonyl (C=O) groups excluding carboxylic acids is 1. The van der Waals surface area contributed by atoms with Gasteiger partial charge < -0.3 is 9.32 Å². The van der Waals surface area contributed by atoms with Crippen molar-refractivity contribution >= 4 is 28.0 Å². The molecule has 7 nitrogen and oxygen atoms in total. The summed E-state index contributed by atoms with van der Waals surface area (Å²) < 4.78 is 7.02. The molecule has 4 aromatic rings. The molecule has 1 aliphatic rings. The Morgan fingerprint density at radius 3 is 2.75 bits per heavy atom. The highest BCUT2D eigenvalue weighted by molar-refractivity contribution is 6.01. The lowest BCUT2D eigenvalue weighted by molar-refractivity contribution is -0.133. The van der Waals surface area contributed by atoms with Gasteiger partial charge in [-0.15, -0.1) is 0 Å². The van der Waals surface area contributed by atoms with Gasteiger partial charge in [0.25, 0.3) is 5.56 Å². The quantitative estimate of drug-likeness (QED) is 0.536. The molecule has 0 saturated heterocycles. The number of amides is 1. The average molecular weight is 374 g/mol. The molecule has 140 valence electrons. The molecular weight excluding hydrogens is 356 g/mol. The van der Waals surface area contributed by atoms with E-state index in [9.17, 15) is 9.59 Å². The number of benzene rings is 1. The number of nitrogens with zero attached hydrogens (tertiary/aromatic N) is 4. The largest absolute Gasteiger partial charge is 0.448 e. The molecule has 0 atom stereocenters. The van der Waals surface area contributed by atoms with Crippen LogP contribution in [0.2, 0.25) is 0 Å². The number of hydrogen-bond donors (Lipinski definition) is 0. The standard InChI is InChI=1S/C21H18N4O3/c26-18(25(15-5-6-15)11-14-7-9-22-10-8-14)12-24-13-23-19-16-3-1-2-4-17(16)28-20(19)21(24)27/h1-4,7-10,13,15H,5-6,11-12H2. The van der Waals surface area contributed by atoms with Crippen LogP contribution in [-0.4, -0.2) is 31.4 Å². The number of aromatic nitrogens is 3. The van der Waals surface area contributed by atoms with Crippen molar-refractivity contribution in [1.29, 1.82) is 0 Å². The van der Waals surface area contributed by atoms with Gasteiger partial charge >= 0.3 is 0 Å². The molecule has 3 aromatic heterocycles. The minimum atomic E-state index is -0.339. The lowest BCUT2D eigenvalue weighted by Crippen LogP contribution is -2.37. The Morgan fingerprint density at radius 1 is 1.18 bits per heavy atom. The number of pyridine rings is 1. The fourth-order valence-corrected chi connectivity index (χ4v) is 3.46. The number of furan rings is 1. The summed E-state index contributed by atoms with van der Waals surface area (Å²) in [5, 5.41) is 0.797. The average Bonchev–Trinajstić information content (AvgIpc) is 3.49. The fourth-order valence-electron chi connectivity index (χ4n) is 3.46. The topological polar surface area (TPSA) is 81.2 Å². The van der Waals surface area contributed by atoms with Crippen LogP contribution in [0.5, 0.6) is 0 Å². The second kappa shape index (κ2) is 6.60. The molecule has 0 N–H and O–H groups in total. The van der Waals surface area contributed by atoms with Crippen LogP contribution in [0.15, 0.2) is 64.3 Å². The molecule has 0 aliphatic heterocycles. The number of carbonyl (C=O) groups is 1. The normalized spacial score (nSPS) is 13.9. The van der Waals surface area contributed by atoms with E-state index < -0.39 is 0 Å². The second-order valence-electron chi connectivity index (χ2n) is 7.06. The van der Waals surface area contributed by atoms with E-state index in [0.29, 0.717) is 17.6 Å². The van der Waals surface area contributed by atoms with E-state index in [1.54, 1.807) is 18.5 Å². The molecule has 5 rings (SSSR count). The molecular formula is C21H18N4O3. The monoisotopic (exact) mass is 374 g/mol. The highest BCUT2D eigenvalue weighted by atomic mass is 16.3. The lowest BCUT2D eigenvalue weighted by atomic mass is 10.2. The van der Waals surface area contributed by atoms with Crippen molar-refractivity contribution in [3.05, 3.63) is 71.0 Å². The summed E-state index contributed by atoms with van der Waals surface area (Å²) in [4.78, 5) is 36.0. The zero-order valence-electron chi connectivity index (χ0n) is 15.1. The zero-order valence-corrected chi connectivity index (χ0v) is 15.1. The van der Waals surface area contributed by atoms with Crippen LogP contribution >= 0.6 is 0 Å². The molecule has 7 heteroatoms. The van der Waals surface area contributed by atoms with Crippen LogP contribution in [0.3, 0.4) is 0 Å². The maximum Gasteiger partial charge on any atom is 0.297 e. The van der Waals surface area contributed by atoms with E-state index >= 15 is 0 Å². The third-order valence-electron chi connectivity index (χ3n) is 5.07. The summed E-state index contributed by atoms with van der Waals surface area (Å²) in [6, 6.07) is 11.4. The molecule has 1 saturated carbocycles. The maximum absolute atomic E-state index is 13.0. The Morgan fingerprint density at radius 2 is 1.96 bits per heavy atom. The highest BCUT2D eigenvalue weighted by Crippen LogP contribution is 2.29. The molecule has 28 heavy (non-hydrogen) atoms. The molecule has 1 aromatic carbocycles. The third kappa shape index (κ3) is 2.94. The van der Waals surface area contributed by atoms with Gasteiger partial charge in [0.15, 0.2) is 0 Å². The maximum atomic E-state index is 13.0. The summed E-state index contributed by atoms with van der Waals surface area (Å²) in [5.41, 5.74) is 2.01. The van der Waals surface area contributed by atoms with Crippen LogP contribution in [0, 0.1) is 0 Å². The van der Waals surface area contributed by atoms with Crippen molar-refractivity contribution in [3.8, 4) is 0 Å². The van der Waals surface area contributed by atoms with Gasteiger partial charge in [-0.2, -0.15) is 0 Å². The van der Waals surface area contributed by atoms with E-state index in [4.69, 9.17) is 4.42 Å². The minimum absolute atomic E-state index is 0.0552. The van der Waals surface area contributed by atoms with Crippen molar-refractivity contribution in [3.63, 3.8) is 0 Å². The van der Waals surface area contributed by atoms with Crippen LogP contribution in [0.4, 0.5) is 0 Å². The van der Waals surface area contributed by atoms with E-state index in [1.165, 1.54) is 10.9 Å². The van der Waals surface area contributed by atoms with Gasteiger partial charge in [-0.05, 0) is 42.7 Å². The molecule has 1 fully saturated rings. The van der Waals surface area contributed by atoms with Gasteiger partial charge in [0.05, 0.1) is 6.33 Å². The summed E-state index contributed by atoms with van der Waals surface area (Å²) in [6.07, 6.45) is 6.85. The number of para-hydroxylation sites is 1. The predicted molar refractivity (Wildman–Crippen MR) is 104 cm³/mol. The van der Waals surface area contributed by atoms with Gasteiger partial charge in [0.1, 0.15) is 17.6 Å². The van der Waals surface area contributed by atoms with E-state index in [0.717, 1.165) is 23.8 Å². The predicted octanol–water partition coefficient (Wildman–Crippen LogP) is 2.73. The Labute approximate surface area is 160 Å². The Hall–Kier alpha value is -3.48. The molecule has 0 unspecified atom stereocenters. The van der Waals surface area contributed by atoms with Crippen molar-refractivity contribution in [2.75, 3.05) is 0 Å². The first kappa shape index (κ1) is 16.7. The highest BCUT2D eigenvalue weighted by Gasteiger charge is 2.32. The van der Waals surface area contributed by atoms with Gasteiger partial charge in [-0.1, -0.05) is 12.1 Å². The first-order chi connectivity index (χ1) is 13.7. The van der Waals surface area contributed by atoms with E-state index in [2.05, 4.69) is 9.97 Å². The minimum Gasteiger partial charge on any atom is -0.448 e. The van der Waals surface area contributed by atoms with Gasteiger partial charge in [0.2, 0.25) is 11.5 Å². The van der Waals surface area contributed by atoms with Crippen molar-refractivity contribution in [1.82, 2.24) is 19.4 Å². The second-order valence-corrected chi connectivity index (χ2v) is 7.06. The lowest BCUT2D eigenvalue weighted by Gasteiger charge is -2.22. The first-order valence-electron chi connectivity index (χ1n) is 9.26. The van der Waals surface area contributed by atoms with Crippen molar-refractivity contribution in [2.24, 2.45) is 0 Å². The Kier molecular flexibility index (Phi) is 3.93. The Balaban J connectivity index is 1.45. The van der Waals surface area contributed by atoms with Gasteiger partial charge in [0, 0.05) is 30.4 Å². The fraction of sp³-hybridized carbons (Fsp3) is 0.238. The van der Waals surface area contributed by atoms with Crippen LogP contribution < -0.4 is 5.56 Å². The number of fused-ring (bicyclic) bond motifs is 3. The van der Waals surface area contributed by atoms with Gasteiger partial charge in [-0.25, -0.2) is 4.98 Å². The molecule has 0 spiro atoms. The zero-order chi connectivity index (χ0) is 19.1. The van der Waals surface area contributed by atoms with Crippen LogP contribution in [0.25, 0.3) is 22.1 Å². The molecule has 1 aliphatic carbocycles. The van der Waals surface area contributed by atoms with Crippen molar-refractivity contribution < 1.29 is 9.21 Å². The van der Waals surface area contributed by atoms with Crippen LogP contribution in [-0.2, 0) is 17.9 Å². The smallest absolute Gasteiger partial charge is 0.297 e. The first-order valence-corrected chi connectivity index (χ1v) is 9.26. The molecule has 0 radical (unpaired) electrons. The van der Waals surface area contributed by atoms with E-state index in [-0.39, 0.29) is 29.6 Å². The summed E-state index contributed by atoms with van der Waals surface area (Å²) in [7, 11) is 0. The van der Waals surface area contributed by atoms with Crippen molar-refractivity contribution in [2.45, 2.75) is 32.0 Å². The Bertz CT molecular complexity index is 1220. The summed E-state index contributed by atoms with van der Waals surface area (Å²) >= 11 is 0. The number of hydrogen-bond acceptors (Lipinski definition) is 5. The van der Waals surface area contributed by atoms with Crippen LogP contribution in [0.1, 0.15) is 18.4 Å². The summed E-state index contributed by atoms with van der Waals surface area (Å²) in [5.74, 6) is -0.0985. The SMILES string of the molecule is O=C(Cn1cnc2c(oc3ccccc32)c1=O)N(Cc1ccncc1)C1CC1. The molecule has 0 bridgehead atoms.